The summed E-state index contributed by atoms with van der Waals surface area (Å²) in [5.74, 6) is -15.3. The number of aliphatic carboxylic acids is 3. The molecule has 0 radical (unpaired) electrons. The summed E-state index contributed by atoms with van der Waals surface area (Å²) in [6, 6.07) is 0.693. The third kappa shape index (κ3) is 34.2. The second-order valence-electron chi connectivity index (χ2n) is 22.8. The van der Waals surface area contributed by atoms with Crippen LogP contribution in [0, 0.1) is 17.8 Å². The number of fused-ring (bicyclic) bond motifs is 1. The molecule has 1 aromatic rings. The molecule has 0 bridgehead atoms. The number of hydrogen-bond acceptors (Lipinski definition) is 16. The number of hydrogen-bond donors (Lipinski definition) is 10. The Morgan fingerprint density at radius 3 is 1.60 bits per heavy atom. The fourth-order valence-electron chi connectivity index (χ4n) is 9.85. The predicted molar refractivity (Wildman–Crippen MR) is 330 cm³/mol. The predicted octanol–water partition coefficient (Wildman–Crippen LogP) is 6.04. The molecule has 0 saturated carbocycles. The highest BCUT2D eigenvalue weighted by Crippen LogP contribution is 2.26. The number of carbonyl (C=O) groups excluding carboxylic acids is 10. The van der Waals surface area contributed by atoms with Crippen molar-refractivity contribution in [1.29, 1.82) is 0 Å². The lowest BCUT2D eigenvalue weighted by atomic mass is 9.95. The van der Waals surface area contributed by atoms with Gasteiger partial charge in [0.05, 0.1) is 31.0 Å². The first-order valence-corrected chi connectivity index (χ1v) is 33.1. The summed E-state index contributed by atoms with van der Waals surface area (Å²) in [7, 11) is 0. The van der Waals surface area contributed by atoms with Crippen LogP contribution in [-0.2, 0) is 73.8 Å². The Bertz CT molecular complexity index is 2430. The normalized spacial score (nSPS) is 21.6. The van der Waals surface area contributed by atoms with E-state index in [1.165, 1.54) is 101 Å². The molecular formula is C62H96N6O17S2. The number of ketones is 4. The molecule has 0 aliphatic carbocycles. The van der Waals surface area contributed by atoms with Gasteiger partial charge >= 0.3 is 17.9 Å². The number of aliphatic hydroxyl groups is 1. The van der Waals surface area contributed by atoms with Crippen molar-refractivity contribution in [3.8, 4) is 0 Å². The van der Waals surface area contributed by atoms with Gasteiger partial charge in [0.25, 0.3) is 0 Å². The standard InChI is InChI=1S/C62H96N6O17S2/c1-4-5-6-7-8-9-10-11-12-13-14-15-16-17-18-24-46(70)25-21-26-47(71)33-45-38-86-36-43-22-19-20-23-44(43)37-87-39-51(57(63)80)67-59(82)42(27-29-53(74)75)32-48(72)35-64-62(85)56(41(3)69)68-61(84)49(28-30-54(76)77)65-58(81)40(2)31-52(73)50(34-55(78)79)66-60(45)83/h19-20,22-23,40-42,45,49-51,56,69H,4-18,21,24-39H2,1-3H3,(H2,63,80)(H,64,85)(H,65,81)(H,66,83)(H,67,82)(H,68,84)(H,74,75)(H,76,77)(H,78,79)/t40-,41+,42-,45+,49+,50+,51+,56+/m1/s1. The lowest BCUT2D eigenvalue weighted by Crippen LogP contribution is -2.58. The molecule has 2 rings (SSSR count). The summed E-state index contributed by atoms with van der Waals surface area (Å²) in [4.78, 5) is 170. The van der Waals surface area contributed by atoms with Crippen LogP contribution in [-0.4, -0.2) is 145 Å². The molecule has 0 spiro atoms. The van der Waals surface area contributed by atoms with Gasteiger partial charge in [0.15, 0.2) is 11.6 Å². The van der Waals surface area contributed by atoms with Crippen LogP contribution in [0.3, 0.4) is 0 Å². The summed E-state index contributed by atoms with van der Waals surface area (Å²) in [5.41, 5.74) is 7.28. The molecule has 6 amide bonds. The van der Waals surface area contributed by atoms with E-state index < -0.39 is 158 Å². The fourth-order valence-corrected chi connectivity index (χ4v) is 12.1. The van der Waals surface area contributed by atoms with Crippen molar-refractivity contribution in [2.24, 2.45) is 23.5 Å². The average Bonchev–Trinajstić information content (AvgIpc) is 3.55. The Kier molecular flexibility index (Phi) is 39.1. The third-order valence-corrected chi connectivity index (χ3v) is 17.3. The number of primary amides is 1. The number of benzene rings is 1. The van der Waals surface area contributed by atoms with E-state index in [1.54, 1.807) is 12.1 Å². The molecule has 1 aliphatic heterocycles. The van der Waals surface area contributed by atoms with Gasteiger partial charge in [0.1, 0.15) is 29.7 Å². The number of carboxylic acids is 3. The molecule has 1 aliphatic rings. The Balaban J connectivity index is 2.37. The highest BCUT2D eigenvalue weighted by Gasteiger charge is 2.35. The molecular weight excluding hydrogens is 1160 g/mol. The number of carboxylic acid groups (broad SMARTS) is 3. The van der Waals surface area contributed by atoms with Gasteiger partial charge in [-0.1, -0.05) is 128 Å². The smallest absolute Gasteiger partial charge is 0.305 e. The number of carbonyl (C=O) groups is 13. The molecule has 488 valence electrons. The highest BCUT2D eigenvalue weighted by molar-refractivity contribution is 7.98. The van der Waals surface area contributed by atoms with E-state index in [4.69, 9.17) is 5.73 Å². The van der Waals surface area contributed by atoms with Crippen LogP contribution >= 0.6 is 23.5 Å². The monoisotopic (exact) mass is 1260 g/mol. The zero-order chi connectivity index (χ0) is 64.7. The fraction of sp³-hybridized carbons (Fsp3) is 0.694. The van der Waals surface area contributed by atoms with Crippen molar-refractivity contribution in [2.75, 3.05) is 18.1 Å². The van der Waals surface area contributed by atoms with E-state index in [9.17, 15) is 82.8 Å². The average molecular weight is 1260 g/mol. The van der Waals surface area contributed by atoms with Crippen LogP contribution in [0.1, 0.15) is 205 Å². The second-order valence-corrected chi connectivity index (χ2v) is 24.9. The van der Waals surface area contributed by atoms with Crippen molar-refractivity contribution in [3.63, 3.8) is 0 Å². The van der Waals surface area contributed by atoms with Crippen molar-refractivity contribution in [2.45, 2.75) is 236 Å². The van der Waals surface area contributed by atoms with Gasteiger partial charge in [-0.15, -0.1) is 0 Å². The Labute approximate surface area is 519 Å². The first kappa shape index (κ1) is 76.9. The largest absolute Gasteiger partial charge is 0.481 e. The van der Waals surface area contributed by atoms with Gasteiger partial charge in [-0.05, 0) is 43.7 Å². The van der Waals surface area contributed by atoms with Crippen LogP contribution in [0.2, 0.25) is 0 Å². The molecule has 0 fully saturated rings. The van der Waals surface area contributed by atoms with Gasteiger partial charge in [-0.3, -0.25) is 62.3 Å². The topological polar surface area (TPSA) is 389 Å². The van der Waals surface area contributed by atoms with Crippen molar-refractivity contribution in [1.82, 2.24) is 26.6 Å². The van der Waals surface area contributed by atoms with E-state index in [2.05, 4.69) is 33.5 Å². The highest BCUT2D eigenvalue weighted by atomic mass is 32.2. The number of nitrogens with one attached hydrogen (secondary N) is 5. The summed E-state index contributed by atoms with van der Waals surface area (Å²) >= 11 is 2.49. The van der Waals surface area contributed by atoms with Crippen LogP contribution in [0.15, 0.2) is 24.3 Å². The van der Waals surface area contributed by atoms with Gasteiger partial charge in [0.2, 0.25) is 35.4 Å². The van der Waals surface area contributed by atoms with Crippen LogP contribution in [0.5, 0.6) is 0 Å². The zero-order valence-corrected chi connectivity index (χ0v) is 52.7. The molecule has 1 aromatic carbocycles. The number of unbranched alkanes of at least 4 members (excludes halogenated alkanes) is 14. The van der Waals surface area contributed by atoms with E-state index in [0.717, 1.165) is 43.7 Å². The molecule has 0 aromatic heterocycles. The third-order valence-electron chi connectivity index (χ3n) is 15.1. The molecule has 87 heavy (non-hydrogen) atoms. The number of Topliss-reactive ketones (excluding diaryl/α,β-unsaturated/α-hetero) is 4. The van der Waals surface area contributed by atoms with E-state index in [1.807, 2.05) is 12.1 Å². The Hall–Kier alpha value is -6.21. The van der Waals surface area contributed by atoms with Gasteiger partial charge in [-0.2, -0.15) is 23.5 Å². The Morgan fingerprint density at radius 1 is 0.552 bits per heavy atom. The number of aliphatic hydroxyl groups excluding tert-OH is 1. The SMILES string of the molecule is CCCCCCCCCCCCCCCCCC(=O)CCCC(=O)C[C@H]1CSCc2ccccc2CSC[C@@H](C(N)=O)NC(=O)[C@H](CCC(=O)O)CC(=O)CNC(=O)[C@H]([C@H](C)O)NC(=O)[C@H](CCC(=O)O)NC(=O)[C@H](C)CC(=O)[C@H](CC(=O)O)NC1=O. The molecule has 25 heteroatoms. The molecule has 11 N–H and O–H groups in total. The summed E-state index contributed by atoms with van der Waals surface area (Å²) < 4.78 is 0. The molecule has 1 heterocycles. The van der Waals surface area contributed by atoms with Crippen molar-refractivity contribution < 1.29 is 82.8 Å². The van der Waals surface area contributed by atoms with Crippen molar-refractivity contribution >= 4 is 100 Å². The quantitative estimate of drug-likeness (QED) is 0.0367. The van der Waals surface area contributed by atoms with Gasteiger partial charge in [0, 0.05) is 86.2 Å². The van der Waals surface area contributed by atoms with E-state index >= 15 is 0 Å². The first-order valence-electron chi connectivity index (χ1n) is 30.8. The van der Waals surface area contributed by atoms with Gasteiger partial charge < -0.3 is 52.7 Å². The van der Waals surface area contributed by atoms with Crippen LogP contribution in [0.25, 0.3) is 0 Å². The maximum absolute atomic E-state index is 14.2. The minimum absolute atomic E-state index is 0.00264. The van der Waals surface area contributed by atoms with Crippen LogP contribution < -0.4 is 32.3 Å². The molecule has 0 unspecified atom stereocenters. The van der Waals surface area contributed by atoms with Crippen molar-refractivity contribution in [3.05, 3.63) is 35.4 Å². The molecule has 8 atom stereocenters. The number of amides is 6. The number of rotatable bonds is 32. The lowest BCUT2D eigenvalue weighted by molar-refractivity contribution is -0.141. The Morgan fingerprint density at radius 2 is 1.06 bits per heavy atom. The minimum Gasteiger partial charge on any atom is -0.481 e. The minimum atomic E-state index is -1.82. The lowest BCUT2D eigenvalue weighted by Gasteiger charge is -2.26. The zero-order valence-electron chi connectivity index (χ0n) is 51.0. The van der Waals surface area contributed by atoms with Gasteiger partial charge in [-0.25, -0.2) is 0 Å². The summed E-state index contributed by atoms with van der Waals surface area (Å²) in [6.07, 6.45) is 12.5. The summed E-state index contributed by atoms with van der Waals surface area (Å²) in [5, 5.41) is 51.1. The second kappa shape index (κ2) is 44.3. The molecule has 0 saturated heterocycles. The maximum Gasteiger partial charge on any atom is 0.305 e. The van der Waals surface area contributed by atoms with E-state index in [-0.39, 0.29) is 66.7 Å². The van der Waals surface area contributed by atoms with E-state index in [0.29, 0.717) is 6.42 Å². The molecule has 23 nitrogen and oxygen atoms in total. The van der Waals surface area contributed by atoms with Crippen LogP contribution in [0.4, 0.5) is 0 Å². The summed E-state index contributed by atoms with van der Waals surface area (Å²) in [6.45, 7) is 3.81. The number of thioether (sulfide) groups is 2. The first-order chi connectivity index (χ1) is 41.4. The number of nitrogens with two attached hydrogens (primary N) is 1. The maximum atomic E-state index is 14.2.